The summed E-state index contributed by atoms with van der Waals surface area (Å²) in [4.78, 5) is 4.46. The van der Waals surface area contributed by atoms with Crippen molar-refractivity contribution in [3.8, 4) is 0 Å². The monoisotopic (exact) mass is 182 g/mol. The number of aryl methyl sites for hydroxylation is 1. The normalized spacial score (nSPS) is 23.2. The fourth-order valence-electron chi connectivity index (χ4n) is 1.69. The summed E-state index contributed by atoms with van der Waals surface area (Å²) in [5, 5.41) is 6.75. The highest BCUT2D eigenvalue weighted by Gasteiger charge is 2.15. The van der Waals surface area contributed by atoms with E-state index in [2.05, 4.69) is 22.6 Å². The molecule has 0 radical (unpaired) electrons. The average Bonchev–Trinajstić information content (AvgIpc) is 2.63. The van der Waals surface area contributed by atoms with E-state index in [-0.39, 0.29) is 0 Å². The van der Waals surface area contributed by atoms with Gasteiger partial charge in [-0.05, 0) is 38.8 Å². The molecule has 1 aromatic heterocycles. The Labute approximate surface area is 77.0 Å². The molecule has 1 N–H and O–H groups in total. The Balaban J connectivity index is 1.94. The van der Waals surface area contributed by atoms with Crippen LogP contribution >= 0.6 is 11.3 Å². The van der Waals surface area contributed by atoms with Gasteiger partial charge in [0.25, 0.3) is 0 Å². The minimum atomic E-state index is 0.825. The molecule has 2 heterocycles. The molecule has 1 unspecified atom stereocenters. The first-order valence-electron chi connectivity index (χ1n) is 4.46. The molecule has 1 atom stereocenters. The van der Waals surface area contributed by atoms with Crippen LogP contribution in [0.1, 0.15) is 17.1 Å². The lowest BCUT2D eigenvalue weighted by Gasteiger charge is -2.03. The van der Waals surface area contributed by atoms with E-state index in [1.54, 1.807) is 11.3 Å². The zero-order chi connectivity index (χ0) is 8.39. The standard InChI is InChI=1S/C9H14N2S/c1-7-11-9(6-12-7)4-8-2-3-10-5-8/h6,8,10H,2-5H2,1H3. The molecule has 1 aliphatic heterocycles. The van der Waals surface area contributed by atoms with Crippen LogP contribution in [0, 0.1) is 12.8 Å². The lowest BCUT2D eigenvalue weighted by Crippen LogP contribution is -2.10. The number of rotatable bonds is 2. The Hall–Kier alpha value is -0.410. The van der Waals surface area contributed by atoms with Gasteiger partial charge in [-0.1, -0.05) is 0 Å². The molecule has 1 saturated heterocycles. The third-order valence-corrected chi connectivity index (χ3v) is 3.15. The molecule has 1 aliphatic rings. The largest absolute Gasteiger partial charge is 0.316 e. The maximum Gasteiger partial charge on any atom is 0.0897 e. The summed E-state index contributed by atoms with van der Waals surface area (Å²) in [6.45, 7) is 4.44. The summed E-state index contributed by atoms with van der Waals surface area (Å²) in [6, 6.07) is 0. The first kappa shape index (κ1) is 8.20. The summed E-state index contributed by atoms with van der Waals surface area (Å²) in [7, 11) is 0. The van der Waals surface area contributed by atoms with Crippen molar-refractivity contribution in [3.63, 3.8) is 0 Å². The number of hydrogen-bond donors (Lipinski definition) is 1. The zero-order valence-corrected chi connectivity index (χ0v) is 8.16. The van der Waals surface area contributed by atoms with Gasteiger partial charge in [0.2, 0.25) is 0 Å². The topological polar surface area (TPSA) is 24.9 Å². The highest BCUT2D eigenvalue weighted by atomic mass is 32.1. The molecule has 12 heavy (non-hydrogen) atoms. The number of nitrogens with zero attached hydrogens (tertiary/aromatic N) is 1. The highest BCUT2D eigenvalue weighted by Crippen LogP contribution is 2.16. The minimum Gasteiger partial charge on any atom is -0.316 e. The third-order valence-electron chi connectivity index (χ3n) is 2.33. The Kier molecular flexibility index (Phi) is 2.42. The second kappa shape index (κ2) is 3.54. The second-order valence-corrected chi connectivity index (χ2v) is 4.48. The van der Waals surface area contributed by atoms with Crippen LogP contribution < -0.4 is 5.32 Å². The van der Waals surface area contributed by atoms with Gasteiger partial charge in [-0.3, -0.25) is 0 Å². The smallest absolute Gasteiger partial charge is 0.0897 e. The van der Waals surface area contributed by atoms with E-state index in [1.807, 2.05) is 0 Å². The summed E-state index contributed by atoms with van der Waals surface area (Å²) in [5.41, 5.74) is 1.28. The van der Waals surface area contributed by atoms with Crippen molar-refractivity contribution in [2.45, 2.75) is 19.8 Å². The van der Waals surface area contributed by atoms with Gasteiger partial charge in [-0.2, -0.15) is 0 Å². The number of hydrogen-bond acceptors (Lipinski definition) is 3. The van der Waals surface area contributed by atoms with Crippen molar-refractivity contribution in [1.29, 1.82) is 0 Å². The lowest BCUT2D eigenvalue weighted by molar-refractivity contribution is 0.573. The molecular weight excluding hydrogens is 168 g/mol. The fourth-order valence-corrected chi connectivity index (χ4v) is 2.31. The van der Waals surface area contributed by atoms with Crippen LogP contribution in [0.3, 0.4) is 0 Å². The molecule has 0 spiro atoms. The quantitative estimate of drug-likeness (QED) is 0.751. The van der Waals surface area contributed by atoms with Gasteiger partial charge in [0.15, 0.2) is 0 Å². The van der Waals surface area contributed by atoms with E-state index in [4.69, 9.17) is 0 Å². The Morgan fingerprint density at radius 2 is 2.67 bits per heavy atom. The van der Waals surface area contributed by atoms with Crippen LogP contribution in [0.4, 0.5) is 0 Å². The van der Waals surface area contributed by atoms with Crippen LogP contribution in [-0.2, 0) is 6.42 Å². The SMILES string of the molecule is Cc1nc(CC2CCNC2)cs1. The van der Waals surface area contributed by atoms with Crippen molar-refractivity contribution in [1.82, 2.24) is 10.3 Å². The Morgan fingerprint density at radius 1 is 1.75 bits per heavy atom. The minimum absolute atomic E-state index is 0.825. The zero-order valence-electron chi connectivity index (χ0n) is 7.34. The molecular formula is C9H14N2S. The van der Waals surface area contributed by atoms with E-state index in [1.165, 1.54) is 30.2 Å². The molecule has 0 aliphatic carbocycles. The Bertz CT molecular complexity index is 251. The van der Waals surface area contributed by atoms with Crippen LogP contribution in [-0.4, -0.2) is 18.1 Å². The van der Waals surface area contributed by atoms with Crippen LogP contribution in [0.2, 0.25) is 0 Å². The van der Waals surface area contributed by atoms with E-state index >= 15 is 0 Å². The van der Waals surface area contributed by atoms with Crippen molar-refractivity contribution in [2.75, 3.05) is 13.1 Å². The summed E-state index contributed by atoms with van der Waals surface area (Å²) in [5.74, 6) is 0.825. The van der Waals surface area contributed by atoms with Crippen LogP contribution in [0.25, 0.3) is 0 Å². The average molecular weight is 182 g/mol. The first-order valence-corrected chi connectivity index (χ1v) is 5.34. The maximum absolute atomic E-state index is 4.46. The van der Waals surface area contributed by atoms with Gasteiger partial charge < -0.3 is 5.32 Å². The van der Waals surface area contributed by atoms with Gasteiger partial charge in [-0.15, -0.1) is 11.3 Å². The summed E-state index contributed by atoms with van der Waals surface area (Å²) >= 11 is 1.76. The molecule has 66 valence electrons. The van der Waals surface area contributed by atoms with Crippen molar-refractivity contribution in [3.05, 3.63) is 16.1 Å². The van der Waals surface area contributed by atoms with E-state index in [0.717, 1.165) is 12.3 Å². The summed E-state index contributed by atoms with van der Waals surface area (Å²) < 4.78 is 0. The number of aromatic nitrogens is 1. The van der Waals surface area contributed by atoms with Gasteiger partial charge in [0.05, 0.1) is 10.7 Å². The van der Waals surface area contributed by atoms with Crippen molar-refractivity contribution in [2.24, 2.45) is 5.92 Å². The maximum atomic E-state index is 4.46. The fraction of sp³-hybridized carbons (Fsp3) is 0.667. The number of thiazole rings is 1. The molecule has 3 heteroatoms. The third kappa shape index (κ3) is 1.84. The second-order valence-electron chi connectivity index (χ2n) is 3.42. The van der Waals surface area contributed by atoms with Gasteiger partial charge in [0, 0.05) is 5.38 Å². The van der Waals surface area contributed by atoms with E-state index < -0.39 is 0 Å². The van der Waals surface area contributed by atoms with Crippen LogP contribution in [0.5, 0.6) is 0 Å². The molecule has 0 saturated carbocycles. The van der Waals surface area contributed by atoms with Gasteiger partial charge in [0.1, 0.15) is 0 Å². The van der Waals surface area contributed by atoms with Gasteiger partial charge >= 0.3 is 0 Å². The van der Waals surface area contributed by atoms with Crippen molar-refractivity contribution >= 4 is 11.3 Å². The molecule has 1 fully saturated rings. The predicted molar refractivity (Wildman–Crippen MR) is 51.5 cm³/mol. The van der Waals surface area contributed by atoms with Crippen LogP contribution in [0.15, 0.2) is 5.38 Å². The Morgan fingerprint density at radius 3 is 3.25 bits per heavy atom. The van der Waals surface area contributed by atoms with E-state index in [9.17, 15) is 0 Å². The van der Waals surface area contributed by atoms with E-state index in [0.29, 0.717) is 0 Å². The molecule has 0 amide bonds. The first-order chi connectivity index (χ1) is 5.84. The highest BCUT2D eigenvalue weighted by molar-refractivity contribution is 7.09. The van der Waals surface area contributed by atoms with Crippen molar-refractivity contribution < 1.29 is 0 Å². The lowest BCUT2D eigenvalue weighted by atomic mass is 10.0. The molecule has 0 aromatic carbocycles. The molecule has 0 bridgehead atoms. The predicted octanol–water partition coefficient (Wildman–Crippen LogP) is 1.60. The molecule has 2 rings (SSSR count). The molecule has 2 nitrogen and oxygen atoms in total. The molecule has 1 aromatic rings. The van der Waals surface area contributed by atoms with Gasteiger partial charge in [-0.25, -0.2) is 4.98 Å². The number of nitrogens with one attached hydrogen (secondary N) is 1. The summed E-state index contributed by atoms with van der Waals surface area (Å²) in [6.07, 6.45) is 2.48.